The number of benzene rings is 1. The van der Waals surface area contributed by atoms with Gasteiger partial charge in [-0.2, -0.15) is 0 Å². The molecule has 1 aromatic rings. The fourth-order valence-electron chi connectivity index (χ4n) is 7.70. The molecule has 158 valence electrons. The average molecular weight is 402 g/mol. The van der Waals surface area contributed by atoms with Crippen LogP contribution in [0.2, 0.25) is 0 Å². The van der Waals surface area contributed by atoms with Gasteiger partial charge in [0.25, 0.3) is 0 Å². The molecule has 0 unspecified atom stereocenters. The van der Waals surface area contributed by atoms with Gasteiger partial charge in [0.2, 0.25) is 5.66 Å². The Morgan fingerprint density at radius 1 is 1.41 bits per heavy atom. The van der Waals surface area contributed by atoms with Crippen molar-refractivity contribution < 1.29 is 29.7 Å². The Morgan fingerprint density at radius 2 is 2.14 bits per heavy atom. The van der Waals surface area contributed by atoms with Gasteiger partial charge in [0.15, 0.2) is 0 Å². The summed E-state index contributed by atoms with van der Waals surface area (Å²) >= 11 is 0. The predicted octanol–water partition coefficient (Wildman–Crippen LogP) is 1.21. The van der Waals surface area contributed by atoms with Crippen molar-refractivity contribution in [2.45, 2.75) is 36.9 Å². The number of quaternary nitrogens is 1. The predicted molar refractivity (Wildman–Crippen MR) is 106 cm³/mol. The molecular formula is C22H30N2O5. The molecule has 0 aromatic heterocycles. The zero-order valence-electron chi connectivity index (χ0n) is 17.2. The number of nitrogens with one attached hydrogen (secondary N) is 1. The smallest absolute Gasteiger partial charge is 0.316 e. The second-order valence-corrected chi connectivity index (χ2v) is 9.16. The van der Waals surface area contributed by atoms with Gasteiger partial charge in [0.05, 0.1) is 32.7 Å². The van der Waals surface area contributed by atoms with E-state index in [1.165, 1.54) is 7.11 Å². The lowest BCUT2D eigenvalue weighted by Crippen LogP contribution is -2.78. The molecule has 0 radical (unpaired) electrons. The van der Waals surface area contributed by atoms with Gasteiger partial charge in [-0.15, -0.1) is 0 Å². The number of carbonyl (C=O) groups is 1. The topological polar surface area (TPSA) is 109 Å². The molecule has 29 heavy (non-hydrogen) atoms. The first-order chi connectivity index (χ1) is 13.4. The molecule has 7 nitrogen and oxygen atoms in total. The highest BCUT2D eigenvalue weighted by molar-refractivity contribution is 5.85. The van der Waals surface area contributed by atoms with Crippen LogP contribution in [0.15, 0.2) is 35.9 Å². The molecule has 6 rings (SSSR count). The van der Waals surface area contributed by atoms with Gasteiger partial charge in [0, 0.05) is 18.0 Å². The molecule has 1 saturated carbocycles. The lowest BCUT2D eigenvalue weighted by atomic mass is 9.45. The van der Waals surface area contributed by atoms with E-state index in [1.807, 2.05) is 25.1 Å². The number of methoxy groups -OCH3 is 1. The van der Waals surface area contributed by atoms with E-state index in [0.29, 0.717) is 17.3 Å². The molecule has 4 heterocycles. The standard InChI is InChI=1S/C22H29N2O4.H2O/c1-4-14-12-24(2)10-9-21-15-7-5-6-8-17(15)23-22(21,24)18(26)11-16(14)20(21,13-25)19(27)28-3;/h4-8,16,18,23,25-26H,9-13H2,1-3H3;1H2/q+1;/p-1/b14-4-;/t16-,18-,20-,21-,22-,24-;/m0./s1. The summed E-state index contributed by atoms with van der Waals surface area (Å²) in [5, 5.41) is 26.2. The number of likely N-dealkylation sites (N-methyl/N-ethyl adjacent to an activating group) is 1. The van der Waals surface area contributed by atoms with Gasteiger partial charge >= 0.3 is 5.97 Å². The quantitative estimate of drug-likeness (QED) is 0.390. The molecule has 3 saturated heterocycles. The summed E-state index contributed by atoms with van der Waals surface area (Å²) in [6.07, 6.45) is 2.59. The van der Waals surface area contributed by atoms with Crippen LogP contribution in [0, 0.1) is 11.3 Å². The Hall–Kier alpha value is -1.93. The van der Waals surface area contributed by atoms with E-state index < -0.39 is 22.6 Å². The van der Waals surface area contributed by atoms with Crippen LogP contribution in [0.5, 0.6) is 0 Å². The molecule has 1 spiro atoms. The average Bonchev–Trinajstić information content (AvgIpc) is 3.12. The molecule has 0 amide bonds. The third-order valence-corrected chi connectivity index (χ3v) is 8.64. The van der Waals surface area contributed by atoms with E-state index in [0.717, 1.165) is 29.9 Å². The minimum atomic E-state index is -1.13. The number of ether oxygens (including phenoxy) is 1. The summed E-state index contributed by atoms with van der Waals surface area (Å²) in [5.74, 6) is -0.629. The van der Waals surface area contributed by atoms with E-state index in [1.54, 1.807) is 0 Å². The Bertz CT molecular complexity index is 903. The van der Waals surface area contributed by atoms with Crippen molar-refractivity contribution in [2.75, 3.05) is 39.2 Å². The van der Waals surface area contributed by atoms with Crippen molar-refractivity contribution in [1.82, 2.24) is 0 Å². The zero-order valence-corrected chi connectivity index (χ0v) is 17.2. The van der Waals surface area contributed by atoms with Crippen LogP contribution >= 0.6 is 0 Å². The molecule has 4 N–H and O–H groups in total. The molecule has 1 aliphatic carbocycles. The summed E-state index contributed by atoms with van der Waals surface area (Å²) < 4.78 is 5.98. The van der Waals surface area contributed by atoms with E-state index in [2.05, 4.69) is 24.5 Å². The maximum absolute atomic E-state index is 13.5. The first kappa shape index (κ1) is 20.3. The Labute approximate surface area is 170 Å². The van der Waals surface area contributed by atoms with Gasteiger partial charge in [-0.3, -0.25) is 9.28 Å². The van der Waals surface area contributed by atoms with Gasteiger partial charge in [-0.1, -0.05) is 24.3 Å². The van der Waals surface area contributed by atoms with Crippen molar-refractivity contribution in [1.29, 1.82) is 0 Å². The number of aliphatic hydroxyl groups excluding tert-OH is 2. The number of esters is 1. The lowest BCUT2D eigenvalue weighted by Gasteiger charge is -2.58. The number of carbonyl (C=O) groups excluding carboxylic acids is 1. The first-order valence-corrected chi connectivity index (χ1v) is 10.1. The zero-order chi connectivity index (χ0) is 19.9. The van der Waals surface area contributed by atoms with Crippen molar-refractivity contribution in [3.63, 3.8) is 0 Å². The summed E-state index contributed by atoms with van der Waals surface area (Å²) in [4.78, 5) is 13.5. The van der Waals surface area contributed by atoms with E-state index >= 15 is 0 Å². The normalized spacial score (nSPS) is 45.1. The van der Waals surface area contributed by atoms with Crippen LogP contribution in [-0.2, 0) is 14.9 Å². The van der Waals surface area contributed by atoms with Gasteiger partial charge in [-0.25, -0.2) is 0 Å². The molecule has 6 atom stereocenters. The summed E-state index contributed by atoms with van der Waals surface area (Å²) in [6, 6.07) is 8.04. The number of nitrogens with zero attached hydrogens (tertiary/aromatic N) is 1. The number of aliphatic hydroxyl groups is 2. The minimum Gasteiger partial charge on any atom is -0.870 e. The molecule has 7 heteroatoms. The number of fused-ring (bicyclic) bond motifs is 3. The van der Waals surface area contributed by atoms with Crippen molar-refractivity contribution in [2.24, 2.45) is 11.3 Å². The first-order valence-electron chi connectivity index (χ1n) is 10.1. The minimum absolute atomic E-state index is 0. The highest BCUT2D eigenvalue weighted by Crippen LogP contribution is 2.74. The number of allylic oxidation sites excluding steroid dienone is 1. The number of hydrogen-bond acceptors (Lipinski definition) is 6. The maximum atomic E-state index is 13.5. The molecule has 1 aromatic carbocycles. The Balaban J connectivity index is 0.00000205. The largest absolute Gasteiger partial charge is 0.870 e. The van der Waals surface area contributed by atoms with Crippen LogP contribution in [0.1, 0.15) is 25.3 Å². The Morgan fingerprint density at radius 3 is 2.79 bits per heavy atom. The molecule has 4 aliphatic heterocycles. The lowest BCUT2D eigenvalue weighted by molar-refractivity contribution is -0.944. The summed E-state index contributed by atoms with van der Waals surface area (Å²) in [6.45, 7) is 3.26. The maximum Gasteiger partial charge on any atom is 0.316 e. The van der Waals surface area contributed by atoms with E-state index in [9.17, 15) is 15.0 Å². The monoisotopic (exact) mass is 402 g/mol. The van der Waals surface area contributed by atoms with Crippen molar-refractivity contribution >= 4 is 11.7 Å². The fourth-order valence-corrected chi connectivity index (χ4v) is 7.70. The van der Waals surface area contributed by atoms with Crippen LogP contribution < -0.4 is 5.32 Å². The number of hydrogen-bond donors (Lipinski definition) is 3. The summed E-state index contributed by atoms with van der Waals surface area (Å²) in [7, 11) is 3.59. The third kappa shape index (κ3) is 1.78. The van der Waals surface area contributed by atoms with Crippen molar-refractivity contribution in [3.05, 3.63) is 41.5 Å². The number of rotatable bonds is 2. The molecule has 4 fully saturated rings. The van der Waals surface area contributed by atoms with E-state index in [-0.39, 0.29) is 24.0 Å². The van der Waals surface area contributed by atoms with Crippen LogP contribution in [0.3, 0.4) is 0 Å². The molecule has 5 aliphatic rings. The summed E-state index contributed by atoms with van der Waals surface area (Å²) in [5.41, 5.74) is 0.476. The molecule has 4 bridgehead atoms. The van der Waals surface area contributed by atoms with E-state index in [4.69, 9.17) is 4.74 Å². The van der Waals surface area contributed by atoms with Gasteiger partial charge < -0.3 is 25.7 Å². The highest BCUT2D eigenvalue weighted by Gasteiger charge is 2.88. The second-order valence-electron chi connectivity index (χ2n) is 9.16. The highest BCUT2D eigenvalue weighted by atomic mass is 16.5. The SMILES string of the molecule is C/C=C1/C[N@+]2(C)CC[C@@]34c5ccccc5N[C@]32[C@@H](O)C[C@@H]1[C@@]4(CO)C(=O)OC.[OH-]. The molecular weight excluding hydrogens is 372 g/mol. The second kappa shape index (κ2) is 6.04. The fraction of sp³-hybridized carbons (Fsp3) is 0.591. The van der Waals surface area contributed by atoms with Gasteiger partial charge in [-0.05, 0) is 30.5 Å². The van der Waals surface area contributed by atoms with Crippen molar-refractivity contribution in [3.8, 4) is 0 Å². The van der Waals surface area contributed by atoms with Crippen LogP contribution in [0.4, 0.5) is 5.69 Å². The third-order valence-electron chi connectivity index (χ3n) is 8.64. The Kier molecular flexibility index (Phi) is 4.24. The van der Waals surface area contributed by atoms with Crippen LogP contribution in [-0.4, -0.2) is 71.8 Å². The number of para-hydroxylation sites is 1. The number of anilines is 1. The van der Waals surface area contributed by atoms with Crippen LogP contribution in [0.25, 0.3) is 0 Å². The van der Waals surface area contributed by atoms with Gasteiger partial charge in [0.1, 0.15) is 18.1 Å².